The highest BCUT2D eigenvalue weighted by Gasteiger charge is 2.05. The minimum atomic E-state index is -0.431. The lowest BCUT2D eigenvalue weighted by Crippen LogP contribution is -2.17. The lowest BCUT2D eigenvalue weighted by Gasteiger charge is -2.08. The Balaban J connectivity index is 2.06. The molecule has 120 valence electrons. The number of benzene rings is 2. The maximum Gasteiger partial charge on any atom is 0.271 e. The van der Waals surface area contributed by atoms with Gasteiger partial charge < -0.3 is 4.74 Å². The zero-order valence-electron chi connectivity index (χ0n) is 12.6. The average molecular weight is 335 g/mol. The summed E-state index contributed by atoms with van der Waals surface area (Å²) in [4.78, 5) is 11.9. The first kappa shape index (κ1) is 17.0. The van der Waals surface area contributed by atoms with Gasteiger partial charge in [-0.3, -0.25) is 4.79 Å². The second-order valence-electron chi connectivity index (χ2n) is 4.74. The maximum absolute atomic E-state index is 12.8. The molecule has 0 saturated heterocycles. The van der Waals surface area contributed by atoms with Crippen molar-refractivity contribution >= 4 is 23.7 Å². The summed E-state index contributed by atoms with van der Waals surface area (Å²) in [5.74, 6) is -0.197. The summed E-state index contributed by atoms with van der Waals surface area (Å²) in [6.45, 7) is 2.58. The van der Waals surface area contributed by atoms with E-state index < -0.39 is 11.7 Å². The third-order valence-corrected chi connectivity index (χ3v) is 3.14. The topological polar surface area (TPSA) is 50.7 Å². The van der Waals surface area contributed by atoms with Gasteiger partial charge in [0.25, 0.3) is 5.91 Å². The molecule has 2 aromatic carbocycles. The van der Waals surface area contributed by atoms with Crippen molar-refractivity contribution < 1.29 is 13.9 Å². The molecule has 0 saturated carbocycles. The molecule has 0 aliphatic heterocycles. The molecule has 0 fully saturated rings. The van der Waals surface area contributed by atoms with Gasteiger partial charge in [0, 0.05) is 16.1 Å². The standard InChI is InChI=1S/C17H16ClFN2O2/c1-2-9-23-16-8-5-14(18)10-13(16)11-20-21-17(22)12-3-6-15(19)7-4-12/h3-8,10-11H,2,9H2,1H3,(H,21,22)/b20-11-. The Hall–Kier alpha value is -2.40. The fourth-order valence-corrected chi connectivity index (χ4v) is 1.97. The number of ether oxygens (including phenoxy) is 1. The van der Waals surface area contributed by atoms with E-state index in [1.807, 2.05) is 6.92 Å². The minimum Gasteiger partial charge on any atom is -0.493 e. The molecular weight excluding hydrogens is 319 g/mol. The van der Waals surface area contributed by atoms with Crippen LogP contribution in [0.3, 0.4) is 0 Å². The van der Waals surface area contributed by atoms with Crippen molar-refractivity contribution in [1.82, 2.24) is 5.43 Å². The summed E-state index contributed by atoms with van der Waals surface area (Å²) < 4.78 is 18.4. The lowest BCUT2D eigenvalue weighted by molar-refractivity contribution is 0.0955. The number of amides is 1. The third kappa shape index (κ3) is 5.07. The van der Waals surface area contributed by atoms with Crippen LogP contribution in [0.15, 0.2) is 47.6 Å². The van der Waals surface area contributed by atoms with Gasteiger partial charge in [-0.1, -0.05) is 18.5 Å². The van der Waals surface area contributed by atoms with Crippen molar-refractivity contribution in [3.05, 3.63) is 64.4 Å². The monoisotopic (exact) mass is 334 g/mol. The maximum atomic E-state index is 12.8. The quantitative estimate of drug-likeness (QED) is 0.640. The number of carbonyl (C=O) groups excluding carboxylic acids is 1. The van der Waals surface area contributed by atoms with E-state index >= 15 is 0 Å². The highest BCUT2D eigenvalue weighted by atomic mass is 35.5. The molecule has 6 heteroatoms. The van der Waals surface area contributed by atoms with Gasteiger partial charge in [-0.2, -0.15) is 5.10 Å². The number of hydrogen-bond donors (Lipinski definition) is 1. The number of hydrogen-bond acceptors (Lipinski definition) is 3. The molecule has 0 aliphatic carbocycles. The van der Waals surface area contributed by atoms with E-state index in [1.54, 1.807) is 18.2 Å². The number of hydrazone groups is 1. The van der Waals surface area contributed by atoms with Crippen LogP contribution >= 0.6 is 11.6 Å². The van der Waals surface area contributed by atoms with Crippen molar-refractivity contribution in [3.63, 3.8) is 0 Å². The Kier molecular flexibility index (Phi) is 6.11. The van der Waals surface area contributed by atoms with Crippen LogP contribution in [0.2, 0.25) is 5.02 Å². The van der Waals surface area contributed by atoms with Gasteiger partial charge >= 0.3 is 0 Å². The molecule has 2 rings (SSSR count). The number of carbonyl (C=O) groups is 1. The number of halogens is 2. The molecule has 1 N–H and O–H groups in total. The third-order valence-electron chi connectivity index (χ3n) is 2.91. The van der Waals surface area contributed by atoms with E-state index in [0.717, 1.165) is 6.42 Å². The van der Waals surface area contributed by atoms with Crippen LogP contribution in [0.1, 0.15) is 29.3 Å². The smallest absolute Gasteiger partial charge is 0.271 e. The van der Waals surface area contributed by atoms with Crippen LogP contribution in [-0.2, 0) is 0 Å². The van der Waals surface area contributed by atoms with E-state index in [2.05, 4.69) is 10.5 Å². The Bertz CT molecular complexity index is 702. The summed E-state index contributed by atoms with van der Waals surface area (Å²) in [5.41, 5.74) is 3.35. The second-order valence-corrected chi connectivity index (χ2v) is 5.17. The molecule has 0 aromatic heterocycles. The second kappa shape index (κ2) is 8.29. The van der Waals surface area contributed by atoms with E-state index in [0.29, 0.717) is 28.5 Å². The average Bonchev–Trinajstić information content (AvgIpc) is 2.54. The van der Waals surface area contributed by atoms with Gasteiger partial charge in [0.05, 0.1) is 12.8 Å². The predicted molar refractivity (Wildman–Crippen MR) is 88.7 cm³/mol. The Morgan fingerprint density at radius 1 is 1.30 bits per heavy atom. The van der Waals surface area contributed by atoms with Crippen LogP contribution in [0.4, 0.5) is 4.39 Å². The van der Waals surface area contributed by atoms with E-state index in [-0.39, 0.29) is 0 Å². The Labute approximate surface area is 138 Å². The van der Waals surface area contributed by atoms with E-state index in [9.17, 15) is 9.18 Å². The molecule has 0 radical (unpaired) electrons. The Morgan fingerprint density at radius 3 is 2.74 bits per heavy atom. The number of nitrogens with one attached hydrogen (secondary N) is 1. The summed E-state index contributed by atoms with van der Waals surface area (Å²) >= 11 is 5.96. The molecule has 23 heavy (non-hydrogen) atoms. The van der Waals surface area contributed by atoms with Crippen LogP contribution in [0.5, 0.6) is 5.75 Å². The fourth-order valence-electron chi connectivity index (χ4n) is 1.79. The van der Waals surface area contributed by atoms with E-state index in [1.165, 1.54) is 30.5 Å². The first-order valence-corrected chi connectivity index (χ1v) is 7.49. The van der Waals surface area contributed by atoms with Crippen LogP contribution in [0.25, 0.3) is 0 Å². The normalized spacial score (nSPS) is 10.7. The molecule has 0 spiro atoms. The highest BCUT2D eigenvalue weighted by Crippen LogP contribution is 2.21. The fraction of sp³-hybridized carbons (Fsp3) is 0.176. The van der Waals surface area contributed by atoms with Crippen LogP contribution in [-0.4, -0.2) is 18.7 Å². The van der Waals surface area contributed by atoms with Crippen molar-refractivity contribution in [2.24, 2.45) is 5.10 Å². The summed E-state index contributed by atoms with van der Waals surface area (Å²) in [5, 5.41) is 4.44. The zero-order chi connectivity index (χ0) is 16.7. The molecular formula is C17H16ClFN2O2. The molecule has 4 nitrogen and oxygen atoms in total. The Morgan fingerprint density at radius 2 is 2.04 bits per heavy atom. The van der Waals surface area contributed by atoms with Crippen molar-refractivity contribution in [2.45, 2.75) is 13.3 Å². The SMILES string of the molecule is CCCOc1ccc(Cl)cc1/C=N\NC(=O)c1ccc(F)cc1. The van der Waals surface area contributed by atoms with Gasteiger partial charge in [0.1, 0.15) is 11.6 Å². The molecule has 0 atom stereocenters. The van der Waals surface area contributed by atoms with Crippen LogP contribution in [0, 0.1) is 5.82 Å². The first-order chi connectivity index (χ1) is 11.1. The van der Waals surface area contributed by atoms with Gasteiger partial charge in [-0.25, -0.2) is 9.82 Å². The number of rotatable bonds is 6. The number of nitrogens with zero attached hydrogens (tertiary/aromatic N) is 1. The lowest BCUT2D eigenvalue weighted by atomic mass is 10.2. The molecule has 0 unspecified atom stereocenters. The first-order valence-electron chi connectivity index (χ1n) is 7.11. The van der Waals surface area contributed by atoms with Crippen molar-refractivity contribution in [2.75, 3.05) is 6.61 Å². The molecule has 1 amide bonds. The van der Waals surface area contributed by atoms with Gasteiger partial charge in [-0.15, -0.1) is 0 Å². The minimum absolute atomic E-state index is 0.317. The van der Waals surface area contributed by atoms with Gasteiger partial charge in [-0.05, 0) is 48.9 Å². The van der Waals surface area contributed by atoms with Crippen LogP contribution < -0.4 is 10.2 Å². The summed E-state index contributed by atoms with van der Waals surface area (Å²) in [6, 6.07) is 10.4. The predicted octanol–water partition coefficient (Wildman–Crippen LogP) is 4.03. The molecule has 2 aromatic rings. The molecule has 0 aliphatic rings. The van der Waals surface area contributed by atoms with Crippen molar-refractivity contribution in [1.29, 1.82) is 0 Å². The summed E-state index contributed by atoms with van der Waals surface area (Å²) in [7, 11) is 0. The zero-order valence-corrected chi connectivity index (χ0v) is 13.3. The van der Waals surface area contributed by atoms with Gasteiger partial charge in [0.15, 0.2) is 0 Å². The summed E-state index contributed by atoms with van der Waals surface area (Å²) in [6.07, 6.45) is 2.33. The highest BCUT2D eigenvalue weighted by molar-refractivity contribution is 6.30. The molecule has 0 heterocycles. The largest absolute Gasteiger partial charge is 0.493 e. The van der Waals surface area contributed by atoms with Crippen molar-refractivity contribution in [3.8, 4) is 5.75 Å². The van der Waals surface area contributed by atoms with Gasteiger partial charge in [0.2, 0.25) is 0 Å². The molecule has 0 bridgehead atoms. The van der Waals surface area contributed by atoms with E-state index in [4.69, 9.17) is 16.3 Å².